The van der Waals surface area contributed by atoms with Crippen LogP contribution in [0.25, 0.3) is 0 Å². The number of esters is 1. The van der Waals surface area contributed by atoms with Gasteiger partial charge in [0, 0.05) is 0 Å². The number of carbonyl (C=O) groups is 2. The van der Waals surface area contributed by atoms with Crippen molar-refractivity contribution in [1.82, 2.24) is 5.32 Å². The van der Waals surface area contributed by atoms with E-state index in [1.54, 1.807) is 24.3 Å². The fourth-order valence-corrected chi connectivity index (χ4v) is 2.24. The van der Waals surface area contributed by atoms with Gasteiger partial charge in [0.2, 0.25) is 0 Å². The van der Waals surface area contributed by atoms with Crippen LogP contribution < -0.4 is 5.32 Å². The summed E-state index contributed by atoms with van der Waals surface area (Å²) in [5.41, 5.74) is 2.32. The molecule has 0 bridgehead atoms. The number of nitrogens with one attached hydrogen (secondary N) is 1. The lowest BCUT2D eigenvalue weighted by atomic mass is 10.0. The number of aryl methyl sites for hydroxylation is 1. The number of aliphatic hydroxyl groups is 1. The molecule has 2 rings (SSSR count). The minimum absolute atomic E-state index is 0.0567. The average Bonchev–Trinajstić information content (AvgIpc) is 2.64. The zero-order valence-electron chi connectivity index (χ0n) is 14.1. The summed E-state index contributed by atoms with van der Waals surface area (Å²) in [6, 6.07) is 14.9. The molecule has 0 fully saturated rings. The maximum absolute atomic E-state index is 12.0. The zero-order valence-corrected chi connectivity index (χ0v) is 14.1. The second-order valence-electron chi connectivity index (χ2n) is 5.56. The van der Waals surface area contributed by atoms with Crippen molar-refractivity contribution >= 4 is 12.1 Å². The van der Waals surface area contributed by atoms with Gasteiger partial charge in [-0.1, -0.05) is 60.2 Å². The molecule has 0 saturated heterocycles. The Hall–Kier alpha value is -2.86. The average molecular weight is 343 g/mol. The van der Waals surface area contributed by atoms with Crippen LogP contribution in [0.4, 0.5) is 4.79 Å². The first-order valence-corrected chi connectivity index (χ1v) is 7.81. The molecule has 0 aliphatic heterocycles. The number of hydrogen-bond acceptors (Lipinski definition) is 5. The topological polar surface area (TPSA) is 84.9 Å². The van der Waals surface area contributed by atoms with Gasteiger partial charge in [-0.3, -0.25) is 0 Å². The summed E-state index contributed by atoms with van der Waals surface area (Å²) in [6.45, 7) is 1.97. The molecular formula is C19H21NO5. The van der Waals surface area contributed by atoms with Crippen LogP contribution in [-0.4, -0.2) is 30.3 Å². The van der Waals surface area contributed by atoms with E-state index in [1.807, 2.05) is 37.3 Å². The fourth-order valence-electron chi connectivity index (χ4n) is 2.24. The largest absolute Gasteiger partial charge is 0.467 e. The fraction of sp³-hybridized carbons (Fsp3) is 0.263. The third kappa shape index (κ3) is 5.32. The van der Waals surface area contributed by atoms with Crippen molar-refractivity contribution in [1.29, 1.82) is 0 Å². The van der Waals surface area contributed by atoms with Crippen LogP contribution in [0.5, 0.6) is 0 Å². The summed E-state index contributed by atoms with van der Waals surface area (Å²) in [5.74, 6) is -0.760. The Kier molecular flexibility index (Phi) is 6.54. The van der Waals surface area contributed by atoms with E-state index in [1.165, 1.54) is 7.11 Å². The highest BCUT2D eigenvalue weighted by molar-refractivity contribution is 5.82. The molecule has 0 spiro atoms. The third-order valence-corrected chi connectivity index (χ3v) is 3.68. The summed E-state index contributed by atoms with van der Waals surface area (Å²) >= 11 is 0. The standard InChI is InChI=1S/C19H21NO5/c1-13-8-10-15(11-9-13)17(21)16(18(22)24-2)20-19(23)25-12-14-6-4-3-5-7-14/h3-11,16-17,21H,12H2,1-2H3,(H,20,23)/t16-,17+/m0/s1. The summed E-state index contributed by atoms with van der Waals surface area (Å²) in [6.07, 6.45) is -2.07. The normalized spacial score (nSPS) is 12.8. The van der Waals surface area contributed by atoms with Crippen molar-refractivity contribution in [2.24, 2.45) is 0 Å². The molecule has 0 aromatic heterocycles. The molecule has 2 aromatic rings. The molecule has 0 aliphatic carbocycles. The molecule has 6 nitrogen and oxygen atoms in total. The van der Waals surface area contributed by atoms with Crippen LogP contribution in [-0.2, 0) is 20.9 Å². The van der Waals surface area contributed by atoms with E-state index in [4.69, 9.17) is 4.74 Å². The number of rotatable bonds is 6. The zero-order chi connectivity index (χ0) is 18.2. The molecule has 1 amide bonds. The predicted octanol–water partition coefficient (Wildman–Crippen LogP) is 2.50. The number of methoxy groups -OCH3 is 1. The Morgan fingerprint density at radius 3 is 2.32 bits per heavy atom. The van der Waals surface area contributed by atoms with Crippen molar-refractivity contribution in [3.63, 3.8) is 0 Å². The lowest BCUT2D eigenvalue weighted by Crippen LogP contribution is -2.45. The van der Waals surface area contributed by atoms with Gasteiger partial charge in [0.25, 0.3) is 0 Å². The molecular weight excluding hydrogens is 322 g/mol. The highest BCUT2D eigenvalue weighted by Crippen LogP contribution is 2.18. The number of amides is 1. The molecule has 25 heavy (non-hydrogen) atoms. The molecule has 2 aromatic carbocycles. The van der Waals surface area contributed by atoms with E-state index in [0.29, 0.717) is 5.56 Å². The van der Waals surface area contributed by atoms with Gasteiger partial charge >= 0.3 is 12.1 Å². The highest BCUT2D eigenvalue weighted by atomic mass is 16.6. The monoisotopic (exact) mass is 343 g/mol. The Morgan fingerprint density at radius 2 is 1.72 bits per heavy atom. The molecule has 0 unspecified atom stereocenters. The molecule has 2 N–H and O–H groups in total. The third-order valence-electron chi connectivity index (χ3n) is 3.68. The van der Waals surface area contributed by atoms with E-state index in [-0.39, 0.29) is 6.61 Å². The second-order valence-corrected chi connectivity index (χ2v) is 5.56. The number of benzene rings is 2. The van der Waals surface area contributed by atoms with Gasteiger partial charge in [0.05, 0.1) is 7.11 Å². The van der Waals surface area contributed by atoms with Gasteiger partial charge in [0.15, 0.2) is 6.04 Å². The van der Waals surface area contributed by atoms with Crippen LogP contribution in [0.15, 0.2) is 54.6 Å². The van der Waals surface area contributed by atoms with Crippen molar-refractivity contribution in [3.8, 4) is 0 Å². The van der Waals surface area contributed by atoms with E-state index >= 15 is 0 Å². The number of ether oxygens (including phenoxy) is 2. The summed E-state index contributed by atoms with van der Waals surface area (Å²) in [5, 5.41) is 12.8. The van der Waals surface area contributed by atoms with Crippen molar-refractivity contribution in [3.05, 3.63) is 71.3 Å². The van der Waals surface area contributed by atoms with Gasteiger partial charge < -0.3 is 19.9 Å². The lowest BCUT2D eigenvalue weighted by molar-refractivity contribution is -0.146. The molecule has 0 saturated carbocycles. The number of alkyl carbamates (subject to hydrolysis) is 1. The maximum atomic E-state index is 12.0. The molecule has 0 radical (unpaired) electrons. The number of hydrogen-bond donors (Lipinski definition) is 2. The van der Waals surface area contributed by atoms with Crippen LogP contribution in [0.2, 0.25) is 0 Å². The number of carbonyl (C=O) groups excluding carboxylic acids is 2. The lowest BCUT2D eigenvalue weighted by Gasteiger charge is -2.22. The molecule has 6 heteroatoms. The van der Waals surface area contributed by atoms with E-state index in [0.717, 1.165) is 11.1 Å². The Morgan fingerprint density at radius 1 is 1.08 bits per heavy atom. The van der Waals surface area contributed by atoms with Gasteiger partial charge in [0.1, 0.15) is 12.7 Å². The van der Waals surface area contributed by atoms with Gasteiger partial charge in [-0.2, -0.15) is 0 Å². The van der Waals surface area contributed by atoms with E-state index < -0.39 is 24.2 Å². The molecule has 0 heterocycles. The molecule has 0 aliphatic rings. The highest BCUT2D eigenvalue weighted by Gasteiger charge is 2.31. The van der Waals surface area contributed by atoms with Crippen LogP contribution in [0.1, 0.15) is 22.8 Å². The van der Waals surface area contributed by atoms with Gasteiger partial charge in [-0.25, -0.2) is 9.59 Å². The van der Waals surface area contributed by atoms with Gasteiger partial charge in [-0.05, 0) is 18.1 Å². The van der Waals surface area contributed by atoms with Crippen molar-refractivity contribution in [2.75, 3.05) is 7.11 Å². The minimum Gasteiger partial charge on any atom is -0.467 e. The van der Waals surface area contributed by atoms with Crippen LogP contribution in [0.3, 0.4) is 0 Å². The minimum atomic E-state index is -1.27. The Bertz CT molecular complexity index is 700. The van der Waals surface area contributed by atoms with Crippen LogP contribution >= 0.6 is 0 Å². The first kappa shape index (κ1) is 18.5. The van der Waals surface area contributed by atoms with E-state index in [9.17, 15) is 14.7 Å². The Balaban J connectivity index is 2.02. The SMILES string of the molecule is COC(=O)[C@@H](NC(=O)OCc1ccccc1)[C@H](O)c1ccc(C)cc1. The van der Waals surface area contributed by atoms with Crippen LogP contribution in [0, 0.1) is 6.92 Å². The summed E-state index contributed by atoms with van der Waals surface area (Å²) in [7, 11) is 1.19. The summed E-state index contributed by atoms with van der Waals surface area (Å²) in [4.78, 5) is 23.9. The quantitative estimate of drug-likeness (QED) is 0.787. The predicted molar refractivity (Wildman–Crippen MR) is 91.7 cm³/mol. The van der Waals surface area contributed by atoms with Crippen molar-refractivity contribution < 1.29 is 24.2 Å². The first-order valence-electron chi connectivity index (χ1n) is 7.81. The van der Waals surface area contributed by atoms with Crippen molar-refractivity contribution in [2.45, 2.75) is 25.7 Å². The van der Waals surface area contributed by atoms with Gasteiger partial charge in [-0.15, -0.1) is 0 Å². The second kappa shape index (κ2) is 8.84. The molecule has 2 atom stereocenters. The summed E-state index contributed by atoms with van der Waals surface area (Å²) < 4.78 is 9.76. The van der Waals surface area contributed by atoms with E-state index in [2.05, 4.69) is 10.1 Å². The number of aliphatic hydroxyl groups excluding tert-OH is 1. The molecule has 132 valence electrons. The smallest absolute Gasteiger partial charge is 0.408 e. The maximum Gasteiger partial charge on any atom is 0.408 e. The Labute approximate surface area is 146 Å². The first-order chi connectivity index (χ1) is 12.0.